The Bertz CT molecular complexity index is 353. The van der Waals surface area contributed by atoms with Gasteiger partial charge < -0.3 is 10.4 Å². The van der Waals surface area contributed by atoms with Crippen LogP contribution in [-0.2, 0) is 9.59 Å². The van der Waals surface area contributed by atoms with Crippen LogP contribution in [0.3, 0.4) is 0 Å². The number of hydrogen-bond donors (Lipinski definition) is 2. The van der Waals surface area contributed by atoms with Crippen LogP contribution in [0, 0.1) is 5.92 Å². The molecule has 120 valence electrons. The van der Waals surface area contributed by atoms with E-state index in [1.54, 1.807) is 0 Å². The lowest BCUT2D eigenvalue weighted by molar-refractivity contribution is -0.137. The minimum Gasteiger partial charge on any atom is -0.481 e. The molecule has 1 saturated carbocycles. The fourth-order valence-corrected chi connectivity index (χ4v) is 3.58. The standard InChI is InChI=1S/C16H28N2O3/c19-15(17-14-6-2-1-3-7-14)12-18-10-4-5-13(11-18)8-9-16(20)21/h13-14H,1-12H2,(H,17,19)(H,20,21). The summed E-state index contributed by atoms with van der Waals surface area (Å²) in [6.07, 6.45) is 9.12. The van der Waals surface area contributed by atoms with Gasteiger partial charge in [0.05, 0.1) is 6.54 Å². The number of aliphatic carboxylic acids is 1. The number of nitrogens with zero attached hydrogens (tertiary/aromatic N) is 1. The first-order chi connectivity index (χ1) is 10.1. The summed E-state index contributed by atoms with van der Waals surface area (Å²) < 4.78 is 0. The van der Waals surface area contributed by atoms with Crippen molar-refractivity contribution in [2.75, 3.05) is 19.6 Å². The van der Waals surface area contributed by atoms with E-state index in [1.165, 1.54) is 19.3 Å². The van der Waals surface area contributed by atoms with Crippen LogP contribution in [0.5, 0.6) is 0 Å². The molecule has 1 aliphatic carbocycles. The lowest BCUT2D eigenvalue weighted by Gasteiger charge is -2.32. The average molecular weight is 296 g/mol. The summed E-state index contributed by atoms with van der Waals surface area (Å²) in [4.78, 5) is 24.9. The number of amides is 1. The maximum Gasteiger partial charge on any atom is 0.303 e. The molecule has 1 amide bonds. The van der Waals surface area contributed by atoms with E-state index in [-0.39, 0.29) is 12.3 Å². The Morgan fingerprint density at radius 2 is 1.86 bits per heavy atom. The van der Waals surface area contributed by atoms with Crippen LogP contribution in [-0.4, -0.2) is 47.6 Å². The van der Waals surface area contributed by atoms with Crippen molar-refractivity contribution in [2.24, 2.45) is 5.92 Å². The molecule has 1 atom stereocenters. The van der Waals surface area contributed by atoms with E-state index in [2.05, 4.69) is 10.2 Å². The molecule has 2 N–H and O–H groups in total. The molecule has 0 aromatic heterocycles. The number of carbonyl (C=O) groups is 2. The number of rotatable bonds is 6. The minimum absolute atomic E-state index is 0.140. The van der Waals surface area contributed by atoms with Gasteiger partial charge in [0.25, 0.3) is 0 Å². The van der Waals surface area contributed by atoms with Gasteiger partial charge in [-0.25, -0.2) is 0 Å². The third-order valence-corrected chi connectivity index (χ3v) is 4.71. The van der Waals surface area contributed by atoms with Crippen molar-refractivity contribution in [3.63, 3.8) is 0 Å². The Morgan fingerprint density at radius 3 is 2.57 bits per heavy atom. The van der Waals surface area contributed by atoms with Gasteiger partial charge in [-0.2, -0.15) is 0 Å². The van der Waals surface area contributed by atoms with Crippen LogP contribution in [0.1, 0.15) is 57.8 Å². The molecule has 1 aliphatic heterocycles. The monoisotopic (exact) mass is 296 g/mol. The highest BCUT2D eigenvalue weighted by molar-refractivity contribution is 5.78. The van der Waals surface area contributed by atoms with E-state index in [0.717, 1.165) is 45.2 Å². The molecule has 5 nitrogen and oxygen atoms in total. The normalized spacial score (nSPS) is 24.7. The number of hydrogen-bond acceptors (Lipinski definition) is 3. The smallest absolute Gasteiger partial charge is 0.303 e. The van der Waals surface area contributed by atoms with Crippen molar-refractivity contribution < 1.29 is 14.7 Å². The SMILES string of the molecule is O=C(O)CCC1CCCN(CC(=O)NC2CCCCC2)C1. The minimum atomic E-state index is -0.720. The number of piperidine rings is 1. The number of nitrogens with one attached hydrogen (secondary N) is 1. The highest BCUT2D eigenvalue weighted by Gasteiger charge is 2.23. The van der Waals surface area contributed by atoms with Gasteiger partial charge in [0.15, 0.2) is 0 Å². The summed E-state index contributed by atoms with van der Waals surface area (Å²) >= 11 is 0. The van der Waals surface area contributed by atoms with Crippen LogP contribution in [0.2, 0.25) is 0 Å². The number of carbonyl (C=O) groups excluding carboxylic acids is 1. The van der Waals surface area contributed by atoms with Gasteiger partial charge in [-0.15, -0.1) is 0 Å². The van der Waals surface area contributed by atoms with Crippen LogP contribution in [0.15, 0.2) is 0 Å². The molecular weight excluding hydrogens is 268 g/mol. The molecule has 2 fully saturated rings. The lowest BCUT2D eigenvalue weighted by atomic mass is 9.93. The molecule has 1 heterocycles. The van der Waals surface area contributed by atoms with Gasteiger partial charge in [0.1, 0.15) is 0 Å². The quantitative estimate of drug-likeness (QED) is 0.786. The summed E-state index contributed by atoms with van der Waals surface area (Å²) in [6.45, 7) is 2.30. The van der Waals surface area contributed by atoms with Gasteiger partial charge in [-0.1, -0.05) is 19.3 Å². The summed E-state index contributed by atoms with van der Waals surface area (Å²) in [6, 6.07) is 0.374. The summed E-state index contributed by atoms with van der Waals surface area (Å²) in [7, 11) is 0. The molecule has 0 aromatic rings. The van der Waals surface area contributed by atoms with Crippen LogP contribution < -0.4 is 5.32 Å². The highest BCUT2D eigenvalue weighted by atomic mass is 16.4. The second kappa shape index (κ2) is 8.37. The molecule has 0 bridgehead atoms. The molecule has 0 spiro atoms. The zero-order valence-corrected chi connectivity index (χ0v) is 12.9. The summed E-state index contributed by atoms with van der Waals surface area (Å²) in [5.41, 5.74) is 0. The number of likely N-dealkylation sites (tertiary alicyclic amines) is 1. The molecule has 5 heteroatoms. The molecular formula is C16H28N2O3. The topological polar surface area (TPSA) is 69.6 Å². The molecule has 1 saturated heterocycles. The predicted octanol–water partition coefficient (Wildman–Crippen LogP) is 2.01. The summed E-state index contributed by atoms with van der Waals surface area (Å²) in [5, 5.41) is 11.9. The van der Waals surface area contributed by atoms with Crippen LogP contribution >= 0.6 is 0 Å². The summed E-state index contributed by atoms with van der Waals surface area (Å²) in [5.74, 6) is -0.153. The second-order valence-electron chi connectivity index (χ2n) is 6.58. The van der Waals surface area contributed by atoms with E-state index >= 15 is 0 Å². The lowest BCUT2D eigenvalue weighted by Crippen LogP contribution is -2.45. The van der Waals surface area contributed by atoms with E-state index in [1.807, 2.05) is 0 Å². The largest absolute Gasteiger partial charge is 0.481 e. The van der Waals surface area contributed by atoms with E-state index in [9.17, 15) is 9.59 Å². The molecule has 21 heavy (non-hydrogen) atoms. The van der Waals surface area contributed by atoms with E-state index < -0.39 is 5.97 Å². The molecule has 0 radical (unpaired) electrons. The molecule has 0 aromatic carbocycles. The Hall–Kier alpha value is -1.10. The van der Waals surface area contributed by atoms with Crippen molar-refractivity contribution in [1.29, 1.82) is 0 Å². The Kier molecular flexibility index (Phi) is 6.49. The van der Waals surface area contributed by atoms with Gasteiger partial charge in [0.2, 0.25) is 5.91 Å². The molecule has 2 rings (SSSR count). The van der Waals surface area contributed by atoms with Crippen molar-refractivity contribution in [2.45, 2.75) is 63.8 Å². The van der Waals surface area contributed by atoms with Gasteiger partial charge in [-0.05, 0) is 44.6 Å². The third-order valence-electron chi connectivity index (χ3n) is 4.71. The van der Waals surface area contributed by atoms with Crippen molar-refractivity contribution >= 4 is 11.9 Å². The van der Waals surface area contributed by atoms with Crippen LogP contribution in [0.4, 0.5) is 0 Å². The van der Waals surface area contributed by atoms with Gasteiger partial charge >= 0.3 is 5.97 Å². The van der Waals surface area contributed by atoms with Gasteiger partial charge in [-0.3, -0.25) is 14.5 Å². The third kappa shape index (κ3) is 6.04. The Labute approximate surface area is 127 Å². The zero-order chi connectivity index (χ0) is 15.1. The number of carboxylic acids is 1. The highest BCUT2D eigenvalue weighted by Crippen LogP contribution is 2.21. The first kappa shape index (κ1) is 16.3. The van der Waals surface area contributed by atoms with Crippen molar-refractivity contribution in [1.82, 2.24) is 10.2 Å². The predicted molar refractivity (Wildman–Crippen MR) is 81.0 cm³/mol. The fourth-order valence-electron chi connectivity index (χ4n) is 3.58. The molecule has 1 unspecified atom stereocenters. The van der Waals surface area contributed by atoms with Crippen molar-refractivity contribution in [3.8, 4) is 0 Å². The van der Waals surface area contributed by atoms with Crippen molar-refractivity contribution in [3.05, 3.63) is 0 Å². The average Bonchev–Trinajstić information content (AvgIpc) is 2.46. The second-order valence-corrected chi connectivity index (χ2v) is 6.58. The Morgan fingerprint density at radius 1 is 1.10 bits per heavy atom. The number of carboxylic acid groups (broad SMARTS) is 1. The van der Waals surface area contributed by atoms with E-state index in [4.69, 9.17) is 5.11 Å². The van der Waals surface area contributed by atoms with E-state index in [0.29, 0.717) is 18.5 Å². The first-order valence-corrected chi connectivity index (χ1v) is 8.37. The molecule has 2 aliphatic rings. The fraction of sp³-hybridized carbons (Fsp3) is 0.875. The maximum atomic E-state index is 12.1. The Balaban J connectivity index is 1.68. The first-order valence-electron chi connectivity index (χ1n) is 8.37. The zero-order valence-electron chi connectivity index (χ0n) is 12.9. The van der Waals surface area contributed by atoms with Crippen LogP contribution in [0.25, 0.3) is 0 Å². The maximum absolute atomic E-state index is 12.1. The van der Waals surface area contributed by atoms with Gasteiger partial charge in [0, 0.05) is 19.0 Å².